The van der Waals surface area contributed by atoms with E-state index in [-0.39, 0.29) is 0 Å². The monoisotopic (exact) mass is 306 g/mol. The predicted molar refractivity (Wildman–Crippen MR) is 90.6 cm³/mol. The zero-order chi connectivity index (χ0) is 15.9. The summed E-state index contributed by atoms with van der Waals surface area (Å²) in [5.41, 5.74) is 2.23. The Labute approximate surface area is 134 Å². The van der Waals surface area contributed by atoms with Crippen LogP contribution in [0.25, 0.3) is 0 Å². The molecule has 124 valence electrons. The highest BCUT2D eigenvalue weighted by Crippen LogP contribution is 2.22. The van der Waals surface area contributed by atoms with Gasteiger partial charge in [-0.15, -0.1) is 0 Å². The number of likely N-dealkylation sites (tertiary alicyclic amines) is 1. The van der Waals surface area contributed by atoms with E-state index in [0.29, 0.717) is 19.2 Å². The molecular formula is C18H30N2O2. The summed E-state index contributed by atoms with van der Waals surface area (Å²) in [7, 11) is 0. The molecule has 2 atom stereocenters. The Bertz CT molecular complexity index is 444. The van der Waals surface area contributed by atoms with E-state index in [0.717, 1.165) is 30.0 Å². The first-order valence-electron chi connectivity index (χ1n) is 8.43. The number of likely N-dealkylation sites (N-methyl/N-ethyl adjacent to an activating group) is 1. The van der Waals surface area contributed by atoms with Crippen LogP contribution in [0.15, 0.2) is 18.2 Å². The molecular weight excluding hydrogens is 276 g/mol. The maximum absolute atomic E-state index is 10.1. The zero-order valence-corrected chi connectivity index (χ0v) is 14.1. The van der Waals surface area contributed by atoms with Crippen molar-refractivity contribution in [3.05, 3.63) is 29.3 Å². The topological polar surface area (TPSA) is 44.7 Å². The van der Waals surface area contributed by atoms with E-state index < -0.39 is 6.10 Å². The number of rotatable bonds is 8. The molecule has 22 heavy (non-hydrogen) atoms. The number of ether oxygens (including phenoxy) is 1. The van der Waals surface area contributed by atoms with Gasteiger partial charge in [0, 0.05) is 19.1 Å². The van der Waals surface area contributed by atoms with Crippen molar-refractivity contribution in [1.82, 2.24) is 10.2 Å². The number of aryl methyl sites for hydroxylation is 2. The van der Waals surface area contributed by atoms with Crippen molar-refractivity contribution >= 4 is 0 Å². The quantitative estimate of drug-likeness (QED) is 0.772. The molecule has 1 fully saturated rings. The lowest BCUT2D eigenvalue weighted by Crippen LogP contribution is -2.41. The van der Waals surface area contributed by atoms with E-state index in [2.05, 4.69) is 17.1 Å². The molecule has 0 aliphatic carbocycles. The molecule has 1 aromatic carbocycles. The molecule has 0 saturated carbocycles. The van der Waals surface area contributed by atoms with Crippen molar-refractivity contribution in [2.24, 2.45) is 0 Å². The molecule has 0 radical (unpaired) electrons. The Hall–Kier alpha value is -1.10. The van der Waals surface area contributed by atoms with Crippen molar-refractivity contribution < 1.29 is 9.84 Å². The minimum absolute atomic E-state index is 0.334. The molecule has 1 aliphatic rings. The Morgan fingerprint density at radius 1 is 1.36 bits per heavy atom. The van der Waals surface area contributed by atoms with Crippen LogP contribution in [0, 0.1) is 13.8 Å². The first-order valence-corrected chi connectivity index (χ1v) is 8.43. The summed E-state index contributed by atoms with van der Waals surface area (Å²) >= 11 is 0. The van der Waals surface area contributed by atoms with Crippen LogP contribution >= 0.6 is 0 Å². The summed E-state index contributed by atoms with van der Waals surface area (Å²) in [5.74, 6) is 0.898. The second-order valence-electron chi connectivity index (χ2n) is 6.27. The van der Waals surface area contributed by atoms with Gasteiger partial charge in [0.05, 0.1) is 0 Å². The van der Waals surface area contributed by atoms with Gasteiger partial charge in [0.2, 0.25) is 0 Å². The summed E-state index contributed by atoms with van der Waals surface area (Å²) in [6.45, 7) is 10.5. The molecule has 0 aromatic heterocycles. The molecule has 0 amide bonds. The summed E-state index contributed by atoms with van der Waals surface area (Å²) in [6.07, 6.45) is 2.07. The number of nitrogens with one attached hydrogen (secondary N) is 1. The minimum Gasteiger partial charge on any atom is -0.490 e. The normalized spacial score (nSPS) is 20.3. The van der Waals surface area contributed by atoms with Gasteiger partial charge in [-0.2, -0.15) is 0 Å². The highest BCUT2D eigenvalue weighted by molar-refractivity contribution is 5.39. The van der Waals surface area contributed by atoms with Gasteiger partial charge in [0.1, 0.15) is 18.5 Å². The largest absolute Gasteiger partial charge is 0.490 e. The number of aliphatic hydroxyl groups excluding tert-OH is 1. The minimum atomic E-state index is -0.476. The van der Waals surface area contributed by atoms with Gasteiger partial charge in [-0.1, -0.05) is 25.1 Å². The van der Waals surface area contributed by atoms with Crippen molar-refractivity contribution in [3.8, 4) is 5.75 Å². The SMILES string of the molecule is CCN1CCC[C@@H]1CNC[C@@H](O)COc1c(C)cccc1C. The summed E-state index contributed by atoms with van der Waals surface area (Å²) < 4.78 is 5.79. The lowest BCUT2D eigenvalue weighted by atomic mass is 10.1. The van der Waals surface area contributed by atoms with Crippen LogP contribution in [0.4, 0.5) is 0 Å². The van der Waals surface area contributed by atoms with E-state index >= 15 is 0 Å². The van der Waals surface area contributed by atoms with E-state index in [4.69, 9.17) is 4.74 Å². The summed E-state index contributed by atoms with van der Waals surface area (Å²) in [6, 6.07) is 6.71. The van der Waals surface area contributed by atoms with Gasteiger partial charge in [-0.05, 0) is 50.9 Å². The maximum Gasteiger partial charge on any atom is 0.125 e. The lowest BCUT2D eigenvalue weighted by molar-refractivity contribution is 0.103. The van der Waals surface area contributed by atoms with Crippen LogP contribution in [-0.4, -0.2) is 54.9 Å². The number of benzene rings is 1. The molecule has 0 spiro atoms. The number of para-hydroxylation sites is 1. The molecule has 0 unspecified atom stereocenters. The van der Waals surface area contributed by atoms with Crippen molar-refractivity contribution in [2.45, 2.75) is 45.8 Å². The lowest BCUT2D eigenvalue weighted by Gasteiger charge is -2.23. The molecule has 4 nitrogen and oxygen atoms in total. The Balaban J connectivity index is 1.69. The van der Waals surface area contributed by atoms with Gasteiger partial charge in [-0.3, -0.25) is 4.90 Å². The van der Waals surface area contributed by atoms with E-state index in [1.807, 2.05) is 32.0 Å². The highest BCUT2D eigenvalue weighted by atomic mass is 16.5. The van der Waals surface area contributed by atoms with Crippen LogP contribution in [0.2, 0.25) is 0 Å². The fraction of sp³-hybridized carbons (Fsp3) is 0.667. The molecule has 2 N–H and O–H groups in total. The standard InChI is InChI=1S/C18H30N2O2/c1-4-20-10-6-9-16(20)11-19-12-17(21)13-22-18-14(2)7-5-8-15(18)3/h5,7-8,16-17,19,21H,4,6,9-13H2,1-3H3/t16-,17-/m1/s1. The van der Waals surface area contributed by atoms with Gasteiger partial charge < -0.3 is 15.2 Å². The summed E-state index contributed by atoms with van der Waals surface area (Å²) in [5, 5.41) is 13.5. The van der Waals surface area contributed by atoms with Crippen molar-refractivity contribution in [2.75, 3.05) is 32.8 Å². The smallest absolute Gasteiger partial charge is 0.125 e. The van der Waals surface area contributed by atoms with E-state index in [1.54, 1.807) is 0 Å². The number of hydrogen-bond acceptors (Lipinski definition) is 4. The van der Waals surface area contributed by atoms with Crippen LogP contribution in [-0.2, 0) is 0 Å². The zero-order valence-electron chi connectivity index (χ0n) is 14.1. The van der Waals surface area contributed by atoms with Crippen molar-refractivity contribution in [3.63, 3.8) is 0 Å². The molecule has 1 heterocycles. The van der Waals surface area contributed by atoms with Crippen LogP contribution in [0.3, 0.4) is 0 Å². The Morgan fingerprint density at radius 3 is 2.77 bits per heavy atom. The maximum atomic E-state index is 10.1. The number of nitrogens with zero attached hydrogens (tertiary/aromatic N) is 1. The molecule has 2 rings (SSSR count). The molecule has 0 bridgehead atoms. The summed E-state index contributed by atoms with van der Waals surface area (Å²) in [4.78, 5) is 2.51. The third-order valence-electron chi connectivity index (χ3n) is 4.49. The van der Waals surface area contributed by atoms with Gasteiger partial charge in [-0.25, -0.2) is 0 Å². The first-order chi connectivity index (χ1) is 10.6. The fourth-order valence-corrected chi connectivity index (χ4v) is 3.22. The van der Waals surface area contributed by atoms with E-state index in [1.165, 1.54) is 19.4 Å². The molecule has 1 aromatic rings. The molecule has 1 aliphatic heterocycles. The van der Waals surface area contributed by atoms with E-state index in [9.17, 15) is 5.11 Å². The van der Waals surface area contributed by atoms with Gasteiger partial charge >= 0.3 is 0 Å². The second-order valence-corrected chi connectivity index (χ2v) is 6.27. The van der Waals surface area contributed by atoms with Crippen LogP contribution < -0.4 is 10.1 Å². The molecule has 1 saturated heterocycles. The van der Waals surface area contributed by atoms with Gasteiger partial charge in [0.25, 0.3) is 0 Å². The predicted octanol–water partition coefficient (Wildman–Crippen LogP) is 2.12. The molecule has 4 heteroatoms. The highest BCUT2D eigenvalue weighted by Gasteiger charge is 2.22. The third-order valence-corrected chi connectivity index (χ3v) is 4.49. The van der Waals surface area contributed by atoms with Crippen molar-refractivity contribution in [1.29, 1.82) is 0 Å². The van der Waals surface area contributed by atoms with Crippen LogP contribution in [0.5, 0.6) is 5.75 Å². The van der Waals surface area contributed by atoms with Crippen LogP contribution in [0.1, 0.15) is 30.9 Å². The average molecular weight is 306 g/mol. The third kappa shape index (κ3) is 4.70. The number of hydrogen-bond donors (Lipinski definition) is 2. The average Bonchev–Trinajstić information content (AvgIpc) is 2.94. The Kier molecular flexibility index (Phi) is 6.68. The first kappa shape index (κ1) is 17.3. The second kappa shape index (κ2) is 8.51. The fourth-order valence-electron chi connectivity index (χ4n) is 3.22. The van der Waals surface area contributed by atoms with Gasteiger partial charge in [0.15, 0.2) is 0 Å². The number of aliphatic hydroxyl groups is 1. The Morgan fingerprint density at radius 2 is 2.09 bits per heavy atom.